The van der Waals surface area contributed by atoms with Crippen LogP contribution in [0.25, 0.3) is 0 Å². The fourth-order valence-electron chi connectivity index (χ4n) is 1.12. The molecule has 4 heteroatoms. The zero-order valence-corrected chi connectivity index (χ0v) is 8.51. The molecule has 1 aromatic carbocycles. The van der Waals surface area contributed by atoms with Crippen molar-refractivity contribution in [1.29, 1.82) is 0 Å². The smallest absolute Gasteiger partial charge is 0.318 e. The van der Waals surface area contributed by atoms with Crippen molar-refractivity contribution < 1.29 is 9.90 Å². The number of benzene rings is 1. The van der Waals surface area contributed by atoms with Gasteiger partial charge in [0.25, 0.3) is 0 Å². The van der Waals surface area contributed by atoms with Gasteiger partial charge in [0.05, 0.1) is 0 Å². The SMILES string of the molecule is CNC(=O)Nc1cc(C)c(O)cc1C. The highest BCUT2D eigenvalue weighted by Gasteiger charge is 2.05. The average molecular weight is 194 g/mol. The van der Waals surface area contributed by atoms with Crippen LogP contribution in [0.2, 0.25) is 0 Å². The number of hydrogen-bond donors (Lipinski definition) is 3. The van der Waals surface area contributed by atoms with Crippen LogP contribution in [-0.4, -0.2) is 18.2 Å². The minimum atomic E-state index is -0.266. The molecule has 0 unspecified atom stereocenters. The molecule has 0 aliphatic rings. The number of carbonyl (C=O) groups is 1. The van der Waals surface area contributed by atoms with E-state index in [0.717, 1.165) is 11.1 Å². The Morgan fingerprint density at radius 3 is 2.50 bits per heavy atom. The molecule has 0 saturated carbocycles. The van der Waals surface area contributed by atoms with Gasteiger partial charge in [-0.05, 0) is 37.1 Å². The van der Waals surface area contributed by atoms with E-state index in [4.69, 9.17) is 0 Å². The number of nitrogens with one attached hydrogen (secondary N) is 2. The van der Waals surface area contributed by atoms with Gasteiger partial charge in [-0.25, -0.2) is 4.79 Å². The van der Waals surface area contributed by atoms with Gasteiger partial charge in [-0.15, -0.1) is 0 Å². The molecule has 0 saturated heterocycles. The fraction of sp³-hybridized carbons (Fsp3) is 0.300. The van der Waals surface area contributed by atoms with Crippen molar-refractivity contribution in [3.05, 3.63) is 23.3 Å². The highest BCUT2D eigenvalue weighted by atomic mass is 16.3. The zero-order chi connectivity index (χ0) is 10.7. The minimum Gasteiger partial charge on any atom is -0.508 e. The first-order chi connectivity index (χ1) is 6.54. The summed E-state index contributed by atoms with van der Waals surface area (Å²) in [5.41, 5.74) is 2.28. The van der Waals surface area contributed by atoms with E-state index in [1.165, 1.54) is 0 Å². The topological polar surface area (TPSA) is 61.4 Å². The lowest BCUT2D eigenvalue weighted by Gasteiger charge is -2.09. The molecule has 14 heavy (non-hydrogen) atoms. The van der Waals surface area contributed by atoms with Crippen molar-refractivity contribution in [1.82, 2.24) is 5.32 Å². The van der Waals surface area contributed by atoms with E-state index in [-0.39, 0.29) is 11.8 Å². The molecule has 0 bridgehead atoms. The summed E-state index contributed by atoms with van der Waals surface area (Å²) in [6.07, 6.45) is 0. The molecular formula is C10H14N2O2. The lowest BCUT2D eigenvalue weighted by Crippen LogP contribution is -2.24. The van der Waals surface area contributed by atoms with E-state index < -0.39 is 0 Å². The summed E-state index contributed by atoms with van der Waals surface area (Å²) in [5.74, 6) is 0.241. The number of aromatic hydroxyl groups is 1. The second-order valence-electron chi connectivity index (χ2n) is 3.16. The average Bonchev–Trinajstić information content (AvgIpc) is 2.14. The van der Waals surface area contributed by atoms with Crippen molar-refractivity contribution in [3.8, 4) is 5.75 Å². The number of anilines is 1. The molecule has 76 valence electrons. The summed E-state index contributed by atoms with van der Waals surface area (Å²) in [6.45, 7) is 3.61. The molecular weight excluding hydrogens is 180 g/mol. The number of aryl methyl sites for hydroxylation is 2. The number of phenols is 1. The number of amides is 2. The maximum Gasteiger partial charge on any atom is 0.318 e. The summed E-state index contributed by atoms with van der Waals surface area (Å²) in [4.78, 5) is 11.0. The van der Waals surface area contributed by atoms with Crippen molar-refractivity contribution in [2.75, 3.05) is 12.4 Å². The highest BCUT2D eigenvalue weighted by Crippen LogP contribution is 2.24. The van der Waals surface area contributed by atoms with Gasteiger partial charge in [0.15, 0.2) is 0 Å². The van der Waals surface area contributed by atoms with Crippen LogP contribution in [0, 0.1) is 13.8 Å². The number of phenolic OH excluding ortho intramolecular Hbond substituents is 1. The summed E-state index contributed by atoms with van der Waals surface area (Å²) < 4.78 is 0. The minimum absolute atomic E-state index is 0.241. The summed E-state index contributed by atoms with van der Waals surface area (Å²) in [6, 6.07) is 3.10. The lowest BCUT2D eigenvalue weighted by atomic mass is 10.1. The van der Waals surface area contributed by atoms with Crippen LogP contribution in [0.1, 0.15) is 11.1 Å². The summed E-state index contributed by atoms with van der Waals surface area (Å²) in [5, 5.41) is 14.5. The summed E-state index contributed by atoms with van der Waals surface area (Å²) in [7, 11) is 1.55. The van der Waals surface area contributed by atoms with Gasteiger partial charge < -0.3 is 15.7 Å². The van der Waals surface area contributed by atoms with Gasteiger partial charge >= 0.3 is 6.03 Å². The molecule has 4 nitrogen and oxygen atoms in total. The third-order valence-corrected chi connectivity index (χ3v) is 2.02. The molecule has 0 spiro atoms. The molecule has 0 atom stereocenters. The van der Waals surface area contributed by atoms with Gasteiger partial charge in [0, 0.05) is 12.7 Å². The van der Waals surface area contributed by atoms with E-state index in [1.54, 1.807) is 26.1 Å². The van der Waals surface area contributed by atoms with Crippen molar-refractivity contribution in [2.24, 2.45) is 0 Å². The zero-order valence-electron chi connectivity index (χ0n) is 8.51. The first kappa shape index (κ1) is 10.4. The second kappa shape index (κ2) is 4.00. The molecule has 2 amide bonds. The van der Waals surface area contributed by atoms with Crippen LogP contribution in [0.4, 0.5) is 10.5 Å². The molecule has 0 aliphatic heterocycles. The fourth-order valence-corrected chi connectivity index (χ4v) is 1.12. The first-order valence-electron chi connectivity index (χ1n) is 4.33. The number of rotatable bonds is 1. The van der Waals surface area contributed by atoms with Crippen LogP contribution < -0.4 is 10.6 Å². The molecule has 0 radical (unpaired) electrons. The quantitative estimate of drug-likeness (QED) is 0.596. The molecule has 0 fully saturated rings. The molecule has 3 N–H and O–H groups in total. The predicted molar refractivity (Wildman–Crippen MR) is 55.7 cm³/mol. The Bertz CT molecular complexity index is 361. The maximum atomic E-state index is 11.0. The lowest BCUT2D eigenvalue weighted by molar-refractivity contribution is 0.254. The van der Waals surface area contributed by atoms with Crippen molar-refractivity contribution >= 4 is 11.7 Å². The van der Waals surface area contributed by atoms with Crippen LogP contribution >= 0.6 is 0 Å². The van der Waals surface area contributed by atoms with Gasteiger partial charge in [-0.3, -0.25) is 0 Å². The predicted octanol–water partition coefficient (Wildman–Crippen LogP) is 1.76. The normalized spacial score (nSPS) is 9.64. The molecule has 0 aromatic heterocycles. The Labute approximate surface area is 82.9 Å². The van der Waals surface area contributed by atoms with E-state index >= 15 is 0 Å². The number of hydrogen-bond acceptors (Lipinski definition) is 2. The van der Waals surface area contributed by atoms with Crippen LogP contribution in [0.3, 0.4) is 0 Å². The second-order valence-corrected chi connectivity index (χ2v) is 3.16. The number of carbonyl (C=O) groups excluding carboxylic acids is 1. The molecule has 0 heterocycles. The highest BCUT2D eigenvalue weighted by molar-refractivity contribution is 5.90. The standard InChI is InChI=1S/C10H14N2O2/c1-6-5-9(13)7(2)4-8(6)12-10(14)11-3/h4-5,13H,1-3H3,(H2,11,12,14). The molecule has 1 rings (SSSR count). The van der Waals surface area contributed by atoms with Gasteiger partial charge in [-0.1, -0.05) is 0 Å². The Morgan fingerprint density at radius 1 is 1.29 bits per heavy atom. The Balaban J connectivity index is 2.98. The van der Waals surface area contributed by atoms with Gasteiger partial charge in [-0.2, -0.15) is 0 Å². The largest absolute Gasteiger partial charge is 0.508 e. The number of urea groups is 1. The van der Waals surface area contributed by atoms with E-state index in [9.17, 15) is 9.90 Å². The van der Waals surface area contributed by atoms with E-state index in [2.05, 4.69) is 10.6 Å². The van der Waals surface area contributed by atoms with Crippen molar-refractivity contribution in [2.45, 2.75) is 13.8 Å². The summed E-state index contributed by atoms with van der Waals surface area (Å²) >= 11 is 0. The Morgan fingerprint density at radius 2 is 1.93 bits per heavy atom. The van der Waals surface area contributed by atoms with Gasteiger partial charge in [0.2, 0.25) is 0 Å². The maximum absolute atomic E-state index is 11.0. The Hall–Kier alpha value is -1.71. The monoisotopic (exact) mass is 194 g/mol. The first-order valence-corrected chi connectivity index (χ1v) is 4.33. The third-order valence-electron chi connectivity index (χ3n) is 2.02. The Kier molecular flexibility index (Phi) is 2.96. The van der Waals surface area contributed by atoms with Crippen LogP contribution in [0.5, 0.6) is 5.75 Å². The van der Waals surface area contributed by atoms with Crippen molar-refractivity contribution in [3.63, 3.8) is 0 Å². The van der Waals surface area contributed by atoms with Gasteiger partial charge in [0.1, 0.15) is 5.75 Å². The molecule has 0 aliphatic carbocycles. The molecule has 1 aromatic rings. The van der Waals surface area contributed by atoms with Crippen LogP contribution in [-0.2, 0) is 0 Å². The van der Waals surface area contributed by atoms with E-state index in [1.807, 2.05) is 6.92 Å². The van der Waals surface area contributed by atoms with Crippen LogP contribution in [0.15, 0.2) is 12.1 Å². The van der Waals surface area contributed by atoms with E-state index in [0.29, 0.717) is 5.69 Å². The third kappa shape index (κ3) is 2.16.